The van der Waals surface area contributed by atoms with Gasteiger partial charge in [-0.1, -0.05) is 12.1 Å². The van der Waals surface area contributed by atoms with Crippen molar-refractivity contribution in [2.24, 2.45) is 7.05 Å². The predicted molar refractivity (Wildman–Crippen MR) is 120 cm³/mol. The van der Waals surface area contributed by atoms with Crippen LogP contribution in [0.4, 0.5) is 4.79 Å². The van der Waals surface area contributed by atoms with Gasteiger partial charge in [0.2, 0.25) is 0 Å². The molecule has 8 nitrogen and oxygen atoms in total. The Morgan fingerprint density at radius 2 is 1.97 bits per heavy atom. The number of nitrogens with zero attached hydrogens (tertiary/aromatic N) is 3. The van der Waals surface area contributed by atoms with Crippen molar-refractivity contribution in [2.45, 2.75) is 33.0 Å². The van der Waals surface area contributed by atoms with Crippen LogP contribution in [0.3, 0.4) is 0 Å². The lowest BCUT2D eigenvalue weighted by Gasteiger charge is -2.18. The second-order valence-corrected chi connectivity index (χ2v) is 7.79. The van der Waals surface area contributed by atoms with Gasteiger partial charge < -0.3 is 24.8 Å². The summed E-state index contributed by atoms with van der Waals surface area (Å²) in [5.41, 5.74) is 3.15. The zero-order chi connectivity index (χ0) is 22.5. The van der Waals surface area contributed by atoms with Gasteiger partial charge in [0.1, 0.15) is 11.6 Å². The van der Waals surface area contributed by atoms with Crippen molar-refractivity contribution in [1.82, 2.24) is 25.1 Å². The summed E-state index contributed by atoms with van der Waals surface area (Å²) in [6.45, 7) is 4.58. The van der Waals surface area contributed by atoms with Crippen molar-refractivity contribution >= 4 is 23.0 Å². The number of nitrogens with one attached hydrogen (secondary N) is 2. The third-order valence-corrected chi connectivity index (χ3v) is 4.96. The van der Waals surface area contributed by atoms with Crippen LogP contribution in [0.25, 0.3) is 11.0 Å². The number of carbonyl (C=O) groups excluding carboxylic acids is 2. The number of carbonyl (C=O) groups is 2. The van der Waals surface area contributed by atoms with E-state index in [1.165, 1.54) is 0 Å². The number of imidazole rings is 1. The predicted octanol–water partition coefficient (Wildman–Crippen LogP) is 3.06. The van der Waals surface area contributed by atoms with Crippen LogP contribution >= 0.6 is 0 Å². The Morgan fingerprint density at radius 1 is 1.19 bits per heavy atom. The number of fused-ring (bicyclic) bond motifs is 1. The van der Waals surface area contributed by atoms with Gasteiger partial charge >= 0.3 is 6.03 Å². The van der Waals surface area contributed by atoms with Crippen molar-refractivity contribution in [2.75, 3.05) is 14.2 Å². The average Bonchev–Trinajstić information content (AvgIpc) is 3.06. The lowest BCUT2D eigenvalue weighted by molar-refractivity contribution is 0.0943. The highest BCUT2D eigenvalue weighted by Crippen LogP contribution is 2.18. The molecule has 0 fully saturated rings. The monoisotopic (exact) mass is 423 g/mol. The van der Waals surface area contributed by atoms with E-state index < -0.39 is 0 Å². The smallest absolute Gasteiger partial charge is 0.317 e. The van der Waals surface area contributed by atoms with Gasteiger partial charge in [-0.3, -0.25) is 4.79 Å². The quantitative estimate of drug-likeness (QED) is 0.611. The second-order valence-electron chi connectivity index (χ2n) is 7.79. The van der Waals surface area contributed by atoms with Crippen molar-refractivity contribution in [3.63, 3.8) is 0 Å². The molecule has 0 aliphatic heterocycles. The Hall–Kier alpha value is -3.55. The summed E-state index contributed by atoms with van der Waals surface area (Å²) in [6.07, 6.45) is 0. The molecule has 0 radical (unpaired) electrons. The number of methoxy groups -OCH3 is 1. The number of aromatic nitrogens is 2. The van der Waals surface area contributed by atoms with E-state index in [1.54, 1.807) is 31.2 Å². The Labute approximate surface area is 182 Å². The van der Waals surface area contributed by atoms with Crippen LogP contribution in [0, 0.1) is 0 Å². The van der Waals surface area contributed by atoms with Crippen LogP contribution in [0.2, 0.25) is 0 Å². The van der Waals surface area contributed by atoms with Crippen molar-refractivity contribution in [1.29, 1.82) is 0 Å². The van der Waals surface area contributed by atoms with Gasteiger partial charge in [0.25, 0.3) is 5.91 Å². The first-order valence-corrected chi connectivity index (χ1v) is 10.2. The van der Waals surface area contributed by atoms with E-state index in [0.717, 1.165) is 28.2 Å². The topological polar surface area (TPSA) is 88.5 Å². The van der Waals surface area contributed by atoms with Crippen LogP contribution < -0.4 is 15.4 Å². The maximum absolute atomic E-state index is 12.5. The van der Waals surface area contributed by atoms with Gasteiger partial charge in [-0.15, -0.1) is 0 Å². The third kappa shape index (κ3) is 5.33. The third-order valence-electron chi connectivity index (χ3n) is 4.96. The number of urea groups is 1. The first-order chi connectivity index (χ1) is 14.8. The molecule has 1 aromatic heterocycles. The maximum atomic E-state index is 12.5. The largest absolute Gasteiger partial charge is 0.497 e. The summed E-state index contributed by atoms with van der Waals surface area (Å²) in [5.74, 6) is 1.36. The zero-order valence-electron chi connectivity index (χ0n) is 18.6. The fraction of sp³-hybridized carbons (Fsp3) is 0.348. The number of amides is 3. The van der Waals surface area contributed by atoms with Crippen molar-refractivity contribution in [3.8, 4) is 5.75 Å². The minimum absolute atomic E-state index is 0.0617. The van der Waals surface area contributed by atoms with Gasteiger partial charge in [0.15, 0.2) is 0 Å². The van der Waals surface area contributed by atoms with Gasteiger partial charge in [-0.25, -0.2) is 9.78 Å². The molecule has 0 atom stereocenters. The Bertz CT molecular complexity index is 1090. The van der Waals surface area contributed by atoms with E-state index in [2.05, 4.69) is 15.6 Å². The van der Waals surface area contributed by atoms with Crippen LogP contribution in [-0.2, 0) is 20.1 Å². The van der Waals surface area contributed by atoms with Crippen molar-refractivity contribution < 1.29 is 14.3 Å². The van der Waals surface area contributed by atoms with E-state index >= 15 is 0 Å². The first kappa shape index (κ1) is 22.1. The number of rotatable bonds is 7. The molecule has 31 heavy (non-hydrogen) atoms. The summed E-state index contributed by atoms with van der Waals surface area (Å²) in [4.78, 5) is 31.0. The Kier molecular flexibility index (Phi) is 6.79. The molecule has 3 aromatic rings. The Balaban J connectivity index is 1.67. The van der Waals surface area contributed by atoms with E-state index in [-0.39, 0.29) is 18.0 Å². The minimum atomic E-state index is -0.202. The van der Waals surface area contributed by atoms with Gasteiger partial charge in [0.05, 0.1) is 24.7 Å². The SMILES string of the molecule is COc1cccc(CNC(=O)N(C)Cc2nc3cc(C(=O)NC(C)C)ccc3n2C)c1. The summed E-state index contributed by atoms with van der Waals surface area (Å²) >= 11 is 0. The Morgan fingerprint density at radius 3 is 2.68 bits per heavy atom. The van der Waals surface area contributed by atoms with Gasteiger partial charge in [0, 0.05) is 32.2 Å². The molecule has 0 unspecified atom stereocenters. The average molecular weight is 424 g/mol. The molecule has 3 amide bonds. The van der Waals surface area contributed by atoms with E-state index in [4.69, 9.17) is 4.74 Å². The molecule has 0 saturated heterocycles. The minimum Gasteiger partial charge on any atom is -0.497 e. The molecule has 0 spiro atoms. The maximum Gasteiger partial charge on any atom is 0.317 e. The highest BCUT2D eigenvalue weighted by Gasteiger charge is 2.16. The second kappa shape index (κ2) is 9.51. The fourth-order valence-electron chi connectivity index (χ4n) is 3.26. The molecule has 0 bridgehead atoms. The summed E-state index contributed by atoms with van der Waals surface area (Å²) in [7, 11) is 5.24. The number of hydrogen-bond donors (Lipinski definition) is 2. The molecular weight excluding hydrogens is 394 g/mol. The van der Waals surface area contributed by atoms with Crippen LogP contribution in [0.1, 0.15) is 35.6 Å². The molecule has 164 valence electrons. The van der Waals surface area contributed by atoms with Crippen LogP contribution in [0.5, 0.6) is 5.75 Å². The number of hydrogen-bond acceptors (Lipinski definition) is 4. The zero-order valence-corrected chi connectivity index (χ0v) is 18.6. The molecule has 0 saturated carbocycles. The number of ether oxygens (including phenoxy) is 1. The molecule has 3 rings (SSSR count). The lowest BCUT2D eigenvalue weighted by Crippen LogP contribution is -2.36. The molecule has 1 heterocycles. The summed E-state index contributed by atoms with van der Waals surface area (Å²) in [6, 6.07) is 12.9. The van der Waals surface area contributed by atoms with E-state index in [1.807, 2.05) is 55.8 Å². The lowest BCUT2D eigenvalue weighted by atomic mass is 10.2. The molecule has 2 N–H and O–H groups in total. The highest BCUT2D eigenvalue weighted by atomic mass is 16.5. The van der Waals surface area contributed by atoms with Crippen molar-refractivity contribution in [3.05, 3.63) is 59.4 Å². The van der Waals surface area contributed by atoms with Crippen LogP contribution in [0.15, 0.2) is 42.5 Å². The van der Waals surface area contributed by atoms with E-state index in [9.17, 15) is 9.59 Å². The number of aryl methyl sites for hydroxylation is 1. The fourth-order valence-corrected chi connectivity index (χ4v) is 3.26. The summed E-state index contributed by atoms with van der Waals surface area (Å²) in [5, 5.41) is 5.79. The van der Waals surface area contributed by atoms with Crippen LogP contribution in [-0.4, -0.2) is 46.6 Å². The van der Waals surface area contributed by atoms with E-state index in [0.29, 0.717) is 18.7 Å². The van der Waals surface area contributed by atoms with Gasteiger partial charge in [-0.2, -0.15) is 0 Å². The standard InChI is InChI=1S/C23H29N5O3/c1-15(2)25-22(29)17-9-10-20-19(12-17)26-21(28(20)4)14-27(3)23(30)24-13-16-7-6-8-18(11-16)31-5/h6-12,15H,13-14H2,1-5H3,(H,24,30)(H,25,29). The molecule has 0 aliphatic rings. The molecular formula is C23H29N5O3. The number of benzene rings is 2. The van der Waals surface area contributed by atoms with Gasteiger partial charge in [-0.05, 0) is 49.7 Å². The molecule has 0 aliphatic carbocycles. The molecule has 2 aromatic carbocycles. The highest BCUT2D eigenvalue weighted by molar-refractivity contribution is 5.97. The summed E-state index contributed by atoms with van der Waals surface area (Å²) < 4.78 is 7.15. The first-order valence-electron chi connectivity index (χ1n) is 10.2. The normalized spacial score (nSPS) is 10.9. The molecule has 8 heteroatoms.